The standard InChI is InChI=1S/C19H16BrNO4/c1-24-17-7-5-14(10-16(17)18-8-6-15(11-22)25-18)21-19(23)12-3-2-4-13(20)9-12/h2-10,22H,11H2,1H3,(H,21,23). The van der Waals surface area contributed by atoms with Gasteiger partial charge < -0.3 is 19.6 Å². The molecule has 5 nitrogen and oxygen atoms in total. The Morgan fingerprint density at radius 1 is 1.20 bits per heavy atom. The van der Waals surface area contributed by atoms with E-state index in [1.54, 1.807) is 55.6 Å². The molecule has 0 aliphatic rings. The highest BCUT2D eigenvalue weighted by Crippen LogP contribution is 2.34. The van der Waals surface area contributed by atoms with Crippen molar-refractivity contribution in [2.24, 2.45) is 0 Å². The number of hydrogen-bond acceptors (Lipinski definition) is 4. The van der Waals surface area contributed by atoms with E-state index in [0.717, 1.165) is 4.47 Å². The number of amides is 1. The SMILES string of the molecule is COc1ccc(NC(=O)c2cccc(Br)c2)cc1-c1ccc(CO)o1. The average Bonchev–Trinajstić information content (AvgIpc) is 3.10. The number of furan rings is 1. The summed E-state index contributed by atoms with van der Waals surface area (Å²) in [6.07, 6.45) is 0. The van der Waals surface area contributed by atoms with Gasteiger partial charge in [-0.3, -0.25) is 4.79 Å². The van der Waals surface area contributed by atoms with Gasteiger partial charge in [0.25, 0.3) is 5.91 Å². The topological polar surface area (TPSA) is 71.7 Å². The fourth-order valence-corrected chi connectivity index (χ4v) is 2.82. The zero-order chi connectivity index (χ0) is 17.8. The molecule has 0 spiro atoms. The first-order chi connectivity index (χ1) is 12.1. The van der Waals surface area contributed by atoms with Crippen molar-refractivity contribution < 1.29 is 19.1 Å². The Morgan fingerprint density at radius 2 is 2.04 bits per heavy atom. The Kier molecular flexibility index (Phi) is 5.21. The van der Waals surface area contributed by atoms with E-state index < -0.39 is 0 Å². The van der Waals surface area contributed by atoms with E-state index in [1.807, 2.05) is 6.07 Å². The van der Waals surface area contributed by atoms with E-state index in [4.69, 9.17) is 14.3 Å². The van der Waals surface area contributed by atoms with Crippen LogP contribution >= 0.6 is 15.9 Å². The van der Waals surface area contributed by atoms with Gasteiger partial charge in [-0.15, -0.1) is 0 Å². The van der Waals surface area contributed by atoms with Crippen molar-refractivity contribution in [2.75, 3.05) is 12.4 Å². The number of nitrogens with one attached hydrogen (secondary N) is 1. The fourth-order valence-electron chi connectivity index (χ4n) is 2.42. The second kappa shape index (κ2) is 7.55. The number of hydrogen-bond donors (Lipinski definition) is 2. The molecule has 2 N–H and O–H groups in total. The summed E-state index contributed by atoms with van der Waals surface area (Å²) in [6.45, 7) is -0.179. The van der Waals surface area contributed by atoms with Crippen LogP contribution in [0.3, 0.4) is 0 Å². The van der Waals surface area contributed by atoms with Crippen molar-refractivity contribution in [3.8, 4) is 17.1 Å². The highest BCUT2D eigenvalue weighted by atomic mass is 79.9. The van der Waals surface area contributed by atoms with E-state index in [-0.39, 0.29) is 12.5 Å². The maximum absolute atomic E-state index is 12.4. The predicted octanol–water partition coefficient (Wildman–Crippen LogP) is 4.46. The quantitative estimate of drug-likeness (QED) is 0.661. The second-order valence-corrected chi connectivity index (χ2v) is 6.22. The van der Waals surface area contributed by atoms with Gasteiger partial charge in [0, 0.05) is 15.7 Å². The molecule has 0 atom stereocenters. The molecule has 0 fully saturated rings. The van der Waals surface area contributed by atoms with Crippen molar-refractivity contribution in [3.63, 3.8) is 0 Å². The third-order valence-electron chi connectivity index (χ3n) is 3.63. The molecule has 0 bridgehead atoms. The lowest BCUT2D eigenvalue weighted by atomic mass is 10.1. The zero-order valence-corrected chi connectivity index (χ0v) is 15.0. The van der Waals surface area contributed by atoms with Crippen LogP contribution in [0.15, 0.2) is 63.5 Å². The lowest BCUT2D eigenvalue weighted by Gasteiger charge is -2.10. The summed E-state index contributed by atoms with van der Waals surface area (Å²) in [7, 11) is 1.56. The Bertz CT molecular complexity index is 904. The highest BCUT2D eigenvalue weighted by molar-refractivity contribution is 9.10. The molecular formula is C19H16BrNO4. The minimum atomic E-state index is -0.215. The molecule has 0 aliphatic heterocycles. The summed E-state index contributed by atoms with van der Waals surface area (Å²) in [5.41, 5.74) is 1.85. The largest absolute Gasteiger partial charge is 0.496 e. The number of rotatable bonds is 5. The Balaban J connectivity index is 1.90. The van der Waals surface area contributed by atoms with Crippen molar-refractivity contribution in [2.45, 2.75) is 6.61 Å². The average molecular weight is 402 g/mol. The van der Waals surface area contributed by atoms with Crippen LogP contribution in [0, 0.1) is 0 Å². The van der Waals surface area contributed by atoms with E-state index in [0.29, 0.717) is 34.1 Å². The summed E-state index contributed by atoms with van der Waals surface area (Å²) in [5, 5.41) is 12.0. The van der Waals surface area contributed by atoms with E-state index in [2.05, 4.69) is 21.2 Å². The molecule has 6 heteroatoms. The number of carbonyl (C=O) groups excluding carboxylic acids is 1. The Hall–Kier alpha value is -2.57. The molecule has 1 heterocycles. The zero-order valence-electron chi connectivity index (χ0n) is 13.5. The van der Waals surface area contributed by atoms with Crippen LogP contribution in [0.1, 0.15) is 16.1 Å². The third-order valence-corrected chi connectivity index (χ3v) is 4.12. The first-order valence-corrected chi connectivity index (χ1v) is 8.35. The van der Waals surface area contributed by atoms with Crippen molar-refractivity contribution in [1.29, 1.82) is 0 Å². The van der Waals surface area contributed by atoms with Crippen LogP contribution in [0.5, 0.6) is 5.75 Å². The van der Waals surface area contributed by atoms with Crippen LogP contribution in [0.25, 0.3) is 11.3 Å². The molecule has 0 aliphatic carbocycles. The number of methoxy groups -OCH3 is 1. The molecular weight excluding hydrogens is 386 g/mol. The van der Waals surface area contributed by atoms with Crippen LogP contribution in [0.2, 0.25) is 0 Å². The molecule has 0 radical (unpaired) electrons. The predicted molar refractivity (Wildman–Crippen MR) is 98.7 cm³/mol. The minimum Gasteiger partial charge on any atom is -0.496 e. The van der Waals surface area contributed by atoms with Gasteiger partial charge in [-0.1, -0.05) is 22.0 Å². The number of halogens is 1. The monoisotopic (exact) mass is 401 g/mol. The molecule has 2 aromatic carbocycles. The molecule has 3 rings (SSSR count). The molecule has 128 valence electrons. The normalized spacial score (nSPS) is 10.5. The molecule has 3 aromatic rings. The molecule has 0 saturated carbocycles. The number of aliphatic hydroxyl groups excluding tert-OH is 1. The van der Waals surface area contributed by atoms with Crippen LogP contribution in [-0.2, 0) is 6.61 Å². The molecule has 1 aromatic heterocycles. The molecule has 0 unspecified atom stereocenters. The second-order valence-electron chi connectivity index (χ2n) is 5.30. The van der Waals surface area contributed by atoms with Crippen LogP contribution in [0.4, 0.5) is 5.69 Å². The summed E-state index contributed by atoms with van der Waals surface area (Å²) < 4.78 is 11.8. The van der Waals surface area contributed by atoms with Crippen molar-refractivity contribution >= 4 is 27.5 Å². The summed E-state index contributed by atoms with van der Waals surface area (Å²) in [4.78, 5) is 12.4. The number of anilines is 1. The minimum absolute atomic E-state index is 0.179. The van der Waals surface area contributed by atoms with E-state index >= 15 is 0 Å². The molecule has 25 heavy (non-hydrogen) atoms. The lowest BCUT2D eigenvalue weighted by Crippen LogP contribution is -2.11. The third kappa shape index (κ3) is 3.92. The maximum atomic E-state index is 12.4. The Morgan fingerprint density at radius 3 is 2.72 bits per heavy atom. The van der Waals surface area contributed by atoms with E-state index in [1.165, 1.54) is 0 Å². The van der Waals surface area contributed by atoms with Gasteiger partial charge >= 0.3 is 0 Å². The molecule has 0 saturated heterocycles. The van der Waals surface area contributed by atoms with Gasteiger partial charge in [0.15, 0.2) is 0 Å². The first-order valence-electron chi connectivity index (χ1n) is 7.55. The van der Waals surface area contributed by atoms with E-state index in [9.17, 15) is 4.79 Å². The van der Waals surface area contributed by atoms with Crippen LogP contribution < -0.4 is 10.1 Å². The van der Waals surface area contributed by atoms with Gasteiger partial charge in [0.1, 0.15) is 23.9 Å². The Labute approximate surface area is 153 Å². The van der Waals surface area contributed by atoms with Gasteiger partial charge in [0.05, 0.1) is 12.7 Å². The highest BCUT2D eigenvalue weighted by Gasteiger charge is 2.13. The van der Waals surface area contributed by atoms with Crippen molar-refractivity contribution in [1.82, 2.24) is 0 Å². The van der Waals surface area contributed by atoms with Gasteiger partial charge in [-0.05, 0) is 48.5 Å². The van der Waals surface area contributed by atoms with Gasteiger partial charge in [-0.25, -0.2) is 0 Å². The summed E-state index contributed by atoms with van der Waals surface area (Å²) in [6, 6.07) is 15.9. The van der Waals surface area contributed by atoms with Gasteiger partial charge in [0.2, 0.25) is 0 Å². The number of ether oxygens (including phenoxy) is 1. The number of aliphatic hydroxyl groups is 1. The molecule has 1 amide bonds. The summed E-state index contributed by atoms with van der Waals surface area (Å²) in [5.74, 6) is 1.41. The van der Waals surface area contributed by atoms with Crippen LogP contribution in [-0.4, -0.2) is 18.1 Å². The number of benzene rings is 2. The fraction of sp³-hybridized carbons (Fsp3) is 0.105. The van der Waals surface area contributed by atoms with Gasteiger partial charge in [-0.2, -0.15) is 0 Å². The number of carbonyl (C=O) groups is 1. The maximum Gasteiger partial charge on any atom is 0.255 e. The first kappa shape index (κ1) is 17.3. The smallest absolute Gasteiger partial charge is 0.255 e. The summed E-state index contributed by atoms with van der Waals surface area (Å²) >= 11 is 3.36. The van der Waals surface area contributed by atoms with Crippen molar-refractivity contribution in [3.05, 3.63) is 70.4 Å². The lowest BCUT2D eigenvalue weighted by molar-refractivity contribution is 0.102.